The fraction of sp³-hybridized carbons (Fsp3) is 0.750. The highest BCUT2D eigenvalue weighted by Gasteiger charge is 2.49. The molecule has 1 N–H and O–H groups in total. The van der Waals surface area contributed by atoms with Crippen LogP contribution >= 0.6 is 0 Å². The Kier molecular flexibility index (Phi) is 3.30. The summed E-state index contributed by atoms with van der Waals surface area (Å²) >= 11 is 0. The first kappa shape index (κ1) is 11.6. The van der Waals surface area contributed by atoms with Crippen molar-refractivity contribution in [3.63, 3.8) is 0 Å². The quantitative estimate of drug-likeness (QED) is 0.732. The molecular weight excluding hydrogens is 208 g/mol. The third-order valence-corrected chi connectivity index (χ3v) is 3.23. The van der Waals surface area contributed by atoms with Crippen molar-refractivity contribution in [2.24, 2.45) is 0 Å². The van der Waals surface area contributed by atoms with E-state index in [0.29, 0.717) is 0 Å². The van der Waals surface area contributed by atoms with Crippen molar-refractivity contribution in [2.45, 2.75) is 57.0 Å². The smallest absolute Gasteiger partial charge is 0.336 e. The fourth-order valence-electron chi connectivity index (χ4n) is 2.48. The maximum absolute atomic E-state index is 11.1. The molecule has 4 nitrogen and oxygen atoms in total. The van der Waals surface area contributed by atoms with Crippen LogP contribution in [0.15, 0.2) is 12.2 Å². The van der Waals surface area contributed by atoms with Gasteiger partial charge < -0.3 is 14.6 Å². The zero-order valence-electron chi connectivity index (χ0n) is 9.52. The number of aliphatic carboxylic acids is 1. The molecule has 1 heterocycles. The average Bonchev–Trinajstić information content (AvgIpc) is 2.59. The summed E-state index contributed by atoms with van der Waals surface area (Å²) in [7, 11) is 0. The van der Waals surface area contributed by atoms with E-state index in [2.05, 4.69) is 0 Å². The summed E-state index contributed by atoms with van der Waals surface area (Å²) in [6, 6.07) is 0. The molecule has 2 atom stereocenters. The van der Waals surface area contributed by atoms with Crippen molar-refractivity contribution in [1.29, 1.82) is 0 Å². The van der Waals surface area contributed by atoms with Crippen molar-refractivity contribution in [1.82, 2.24) is 0 Å². The number of hydrogen-bond acceptors (Lipinski definition) is 3. The molecule has 0 amide bonds. The lowest BCUT2D eigenvalue weighted by atomic mass is 9.94. The molecule has 0 radical (unpaired) electrons. The Hall–Kier alpha value is -0.870. The first-order chi connectivity index (χ1) is 7.67. The third-order valence-electron chi connectivity index (χ3n) is 3.23. The molecule has 1 saturated heterocycles. The van der Waals surface area contributed by atoms with E-state index in [4.69, 9.17) is 14.6 Å². The lowest BCUT2D eigenvalue weighted by Crippen LogP contribution is -2.34. The highest BCUT2D eigenvalue weighted by molar-refractivity contribution is 5.74. The van der Waals surface area contributed by atoms with Gasteiger partial charge in [-0.05, 0) is 19.8 Å². The minimum atomic E-state index is -0.939. The molecule has 90 valence electrons. The van der Waals surface area contributed by atoms with Gasteiger partial charge in [-0.25, -0.2) is 4.79 Å². The van der Waals surface area contributed by atoms with Gasteiger partial charge in [0.1, 0.15) is 6.10 Å². The molecule has 2 fully saturated rings. The van der Waals surface area contributed by atoms with Gasteiger partial charge in [0.25, 0.3) is 0 Å². The van der Waals surface area contributed by atoms with Crippen LogP contribution in [0.4, 0.5) is 0 Å². The normalized spacial score (nSPS) is 33.6. The summed E-state index contributed by atoms with van der Waals surface area (Å²) in [5.41, 5.74) is 0. The van der Waals surface area contributed by atoms with Crippen LogP contribution in [0.2, 0.25) is 0 Å². The van der Waals surface area contributed by atoms with E-state index in [1.165, 1.54) is 6.42 Å². The monoisotopic (exact) mass is 226 g/mol. The molecule has 0 aromatic rings. The molecule has 2 rings (SSSR count). The van der Waals surface area contributed by atoms with E-state index in [9.17, 15) is 4.79 Å². The Morgan fingerprint density at radius 3 is 2.56 bits per heavy atom. The zero-order chi connectivity index (χ0) is 11.6. The van der Waals surface area contributed by atoms with Crippen LogP contribution < -0.4 is 0 Å². The minimum absolute atomic E-state index is 0.444. The van der Waals surface area contributed by atoms with Gasteiger partial charge in [0, 0.05) is 12.8 Å². The van der Waals surface area contributed by atoms with Crippen LogP contribution in [0.25, 0.3) is 0 Å². The van der Waals surface area contributed by atoms with Crippen molar-refractivity contribution < 1.29 is 19.4 Å². The number of allylic oxidation sites excluding steroid dienone is 1. The number of carbonyl (C=O) groups is 1. The molecule has 0 bridgehead atoms. The third kappa shape index (κ3) is 2.13. The highest BCUT2D eigenvalue weighted by Crippen LogP contribution is 2.40. The molecule has 0 aromatic heterocycles. The zero-order valence-corrected chi connectivity index (χ0v) is 9.52. The van der Waals surface area contributed by atoms with E-state index in [0.717, 1.165) is 25.7 Å². The van der Waals surface area contributed by atoms with Gasteiger partial charge in [0.05, 0.1) is 0 Å². The molecule has 1 spiro atoms. The van der Waals surface area contributed by atoms with Gasteiger partial charge in [-0.2, -0.15) is 0 Å². The summed E-state index contributed by atoms with van der Waals surface area (Å²) in [5, 5.41) is 9.09. The Labute approximate surface area is 95.2 Å². The summed E-state index contributed by atoms with van der Waals surface area (Å²) in [6.07, 6.45) is 7.18. The second-order valence-corrected chi connectivity index (χ2v) is 4.46. The molecular formula is C12H18O4. The fourth-order valence-corrected chi connectivity index (χ4v) is 2.48. The minimum Gasteiger partial charge on any atom is -0.479 e. The predicted molar refractivity (Wildman–Crippen MR) is 58.0 cm³/mol. The average molecular weight is 226 g/mol. The number of carboxylic acid groups (broad SMARTS) is 1. The van der Waals surface area contributed by atoms with Gasteiger partial charge in [0.2, 0.25) is 0 Å². The molecule has 1 saturated carbocycles. The van der Waals surface area contributed by atoms with Gasteiger partial charge in [-0.3, -0.25) is 0 Å². The molecule has 0 unspecified atom stereocenters. The van der Waals surface area contributed by atoms with E-state index < -0.39 is 24.0 Å². The second-order valence-electron chi connectivity index (χ2n) is 4.46. The summed E-state index contributed by atoms with van der Waals surface area (Å²) in [4.78, 5) is 11.1. The van der Waals surface area contributed by atoms with Crippen LogP contribution in [0.5, 0.6) is 0 Å². The first-order valence-electron chi connectivity index (χ1n) is 5.88. The first-order valence-corrected chi connectivity index (χ1v) is 5.88. The van der Waals surface area contributed by atoms with Gasteiger partial charge in [-0.1, -0.05) is 18.6 Å². The lowest BCUT2D eigenvalue weighted by molar-refractivity contribution is -0.196. The van der Waals surface area contributed by atoms with Crippen LogP contribution in [0.1, 0.15) is 39.0 Å². The SMILES string of the molecule is CC=C[C@H]1OC2(CCCCC2)O[C@H]1C(=O)O. The van der Waals surface area contributed by atoms with Crippen molar-refractivity contribution in [3.05, 3.63) is 12.2 Å². The van der Waals surface area contributed by atoms with E-state index in [1.54, 1.807) is 6.08 Å². The molecule has 1 aliphatic heterocycles. The van der Waals surface area contributed by atoms with E-state index >= 15 is 0 Å². The highest BCUT2D eigenvalue weighted by atomic mass is 16.8. The van der Waals surface area contributed by atoms with Crippen LogP contribution in [0.3, 0.4) is 0 Å². The van der Waals surface area contributed by atoms with Crippen LogP contribution in [-0.2, 0) is 14.3 Å². The Bertz CT molecular complexity index is 291. The van der Waals surface area contributed by atoms with Gasteiger partial charge >= 0.3 is 5.97 Å². The number of ether oxygens (including phenoxy) is 2. The van der Waals surface area contributed by atoms with Gasteiger partial charge in [0.15, 0.2) is 11.9 Å². The molecule has 16 heavy (non-hydrogen) atoms. The predicted octanol–water partition coefficient (Wildman–Crippen LogP) is 2.09. The largest absolute Gasteiger partial charge is 0.479 e. The summed E-state index contributed by atoms with van der Waals surface area (Å²) in [6.45, 7) is 1.86. The van der Waals surface area contributed by atoms with E-state index in [1.807, 2.05) is 13.0 Å². The Morgan fingerprint density at radius 2 is 2.00 bits per heavy atom. The van der Waals surface area contributed by atoms with Crippen LogP contribution in [0, 0.1) is 0 Å². The maximum Gasteiger partial charge on any atom is 0.336 e. The van der Waals surface area contributed by atoms with Crippen molar-refractivity contribution in [3.8, 4) is 0 Å². The Morgan fingerprint density at radius 1 is 1.31 bits per heavy atom. The summed E-state index contributed by atoms with van der Waals surface area (Å²) < 4.78 is 11.5. The summed E-state index contributed by atoms with van der Waals surface area (Å²) in [5.74, 6) is -1.57. The van der Waals surface area contributed by atoms with Gasteiger partial charge in [-0.15, -0.1) is 0 Å². The molecule has 1 aliphatic carbocycles. The lowest BCUT2D eigenvalue weighted by Gasteiger charge is -2.31. The number of rotatable bonds is 2. The molecule has 4 heteroatoms. The van der Waals surface area contributed by atoms with Crippen molar-refractivity contribution in [2.75, 3.05) is 0 Å². The maximum atomic E-state index is 11.1. The van der Waals surface area contributed by atoms with E-state index in [-0.39, 0.29) is 0 Å². The van der Waals surface area contributed by atoms with Crippen LogP contribution in [-0.4, -0.2) is 29.1 Å². The molecule has 0 aromatic carbocycles. The number of hydrogen-bond donors (Lipinski definition) is 1. The topological polar surface area (TPSA) is 55.8 Å². The standard InChI is InChI=1S/C12H18O4/c1-2-6-9-10(11(13)14)16-12(15-9)7-4-3-5-8-12/h2,6,9-10H,3-5,7-8H2,1H3,(H,13,14)/t9-,10-/m1/s1. The van der Waals surface area contributed by atoms with Crippen molar-refractivity contribution >= 4 is 5.97 Å². The molecule has 2 aliphatic rings. The number of carboxylic acids is 1. The Balaban J connectivity index is 2.12. The second kappa shape index (κ2) is 4.55.